The number of amides is 1. The van der Waals surface area contributed by atoms with Crippen molar-refractivity contribution in [2.75, 3.05) is 13.2 Å². The van der Waals surface area contributed by atoms with Crippen molar-refractivity contribution in [1.82, 2.24) is 5.32 Å². The summed E-state index contributed by atoms with van der Waals surface area (Å²) >= 11 is 0. The third-order valence-electron chi connectivity index (χ3n) is 6.39. The van der Waals surface area contributed by atoms with E-state index < -0.39 is 53.6 Å². The molecule has 0 aliphatic carbocycles. The van der Waals surface area contributed by atoms with Crippen molar-refractivity contribution in [2.24, 2.45) is 0 Å². The molecule has 0 unspecified atom stereocenters. The molecule has 1 aliphatic rings. The third kappa shape index (κ3) is 18.8. The second-order valence-corrected chi connectivity index (χ2v) is 10.9. The van der Waals surface area contributed by atoms with Crippen LogP contribution in [0.2, 0.25) is 0 Å². The van der Waals surface area contributed by atoms with Gasteiger partial charge in [-0.3, -0.25) is 9.35 Å². The zero-order valence-electron chi connectivity index (χ0n) is 22.6. The summed E-state index contributed by atoms with van der Waals surface area (Å²) in [4.78, 5) is 11.5. The number of carbonyl (C=O) groups is 1. The van der Waals surface area contributed by atoms with Crippen LogP contribution in [-0.2, 0) is 28.9 Å². The molecule has 1 rings (SSSR count). The van der Waals surface area contributed by atoms with Crippen LogP contribution in [0.1, 0.15) is 104 Å². The Morgan fingerprint density at radius 1 is 0.895 bits per heavy atom. The number of aliphatic hydroxyl groups excluding tert-OH is 2. The minimum atomic E-state index is -4.75. The van der Waals surface area contributed by atoms with Crippen molar-refractivity contribution in [3.8, 4) is 0 Å². The zero-order chi connectivity index (χ0) is 27.5. The van der Waals surface area contributed by atoms with Crippen LogP contribution in [0.15, 0.2) is 12.2 Å². The van der Waals surface area contributed by atoms with Gasteiger partial charge in [-0.25, -0.2) is 4.18 Å². The monoisotopic (exact) mass is 591 g/mol. The topological polar surface area (TPSA) is 152 Å². The average molecular weight is 592 g/mol. The molecule has 1 amide bonds. The van der Waals surface area contributed by atoms with Crippen LogP contribution in [0, 0.1) is 0 Å². The van der Waals surface area contributed by atoms with Gasteiger partial charge in [-0.2, -0.15) is 8.42 Å². The van der Waals surface area contributed by atoms with E-state index in [0.717, 1.165) is 32.1 Å². The number of allylic oxidation sites excluding steroid dienone is 2. The summed E-state index contributed by atoms with van der Waals surface area (Å²) in [7, 11) is -4.75. The number of ether oxygens (including phenoxy) is 2. The summed E-state index contributed by atoms with van der Waals surface area (Å²) in [5.41, 5.74) is 0. The Hall–Kier alpha value is 0.556. The van der Waals surface area contributed by atoms with Crippen LogP contribution in [0.4, 0.5) is 0 Å². The first kappa shape index (κ1) is 38.6. The minimum absolute atomic E-state index is 0. The number of hydrogen-bond acceptors (Lipinski definition) is 8. The molecule has 10 nitrogen and oxygen atoms in total. The van der Waals surface area contributed by atoms with Gasteiger partial charge in [0.15, 0.2) is 6.29 Å². The molecule has 0 aromatic rings. The first-order chi connectivity index (χ1) is 17.7. The van der Waals surface area contributed by atoms with Crippen LogP contribution in [0.5, 0.6) is 0 Å². The molecule has 38 heavy (non-hydrogen) atoms. The Morgan fingerprint density at radius 2 is 1.42 bits per heavy atom. The summed E-state index contributed by atoms with van der Waals surface area (Å²) in [6, 6.07) is -1.04. The average Bonchev–Trinajstić information content (AvgIpc) is 2.83. The molecule has 0 saturated carbocycles. The van der Waals surface area contributed by atoms with Crippen molar-refractivity contribution in [1.29, 1.82) is 0 Å². The Kier molecular flexibility index (Phi) is 23.5. The van der Waals surface area contributed by atoms with E-state index in [2.05, 4.69) is 28.6 Å². The molecule has 0 spiro atoms. The molecule has 1 aliphatic heterocycles. The van der Waals surface area contributed by atoms with Crippen LogP contribution in [0.25, 0.3) is 0 Å². The fourth-order valence-electron chi connectivity index (χ4n) is 4.30. The number of aliphatic hydroxyl groups is 2. The normalized spacial score (nSPS) is 23.9. The fraction of sp³-hybridized carbons (Fsp3) is 0.885. The maximum atomic E-state index is 11.5. The molecular formula is C26H50KNO9S. The van der Waals surface area contributed by atoms with Crippen molar-refractivity contribution < 1.29 is 41.6 Å². The van der Waals surface area contributed by atoms with E-state index >= 15 is 0 Å². The van der Waals surface area contributed by atoms with E-state index in [0.29, 0.717) is 6.61 Å². The summed E-state index contributed by atoms with van der Waals surface area (Å²) < 4.78 is 46.0. The van der Waals surface area contributed by atoms with E-state index in [4.69, 9.17) is 14.0 Å². The molecule has 1 heterocycles. The Bertz CT molecular complexity index is 738. The third-order valence-corrected chi connectivity index (χ3v) is 6.82. The molecule has 0 radical (unpaired) electrons. The number of carbonyl (C=O) groups excluding carboxylic acids is 1. The predicted octanol–water partition coefficient (Wildman–Crippen LogP) is 3.16. The van der Waals surface area contributed by atoms with Gasteiger partial charge in [-0.05, 0) is 32.1 Å². The van der Waals surface area contributed by atoms with Gasteiger partial charge in [0.05, 0.1) is 6.61 Å². The van der Waals surface area contributed by atoms with E-state index in [-0.39, 0.29) is 51.4 Å². The van der Waals surface area contributed by atoms with Crippen LogP contribution in [0.3, 0.4) is 0 Å². The molecule has 4 N–H and O–H groups in total. The van der Waals surface area contributed by atoms with Crippen LogP contribution < -0.4 is 5.32 Å². The van der Waals surface area contributed by atoms with Crippen molar-refractivity contribution in [3.63, 3.8) is 0 Å². The zero-order valence-corrected chi connectivity index (χ0v) is 23.4. The van der Waals surface area contributed by atoms with Crippen molar-refractivity contribution in [3.05, 3.63) is 12.2 Å². The molecule has 1 saturated heterocycles. The Balaban J connectivity index is 0.0000137. The van der Waals surface area contributed by atoms with E-state index in [9.17, 15) is 23.4 Å². The molecular weight excluding hydrogens is 541 g/mol. The first-order valence-electron chi connectivity index (χ1n) is 13.8. The fourth-order valence-corrected chi connectivity index (χ4v) is 4.61. The molecule has 12 heteroatoms. The van der Waals surface area contributed by atoms with Crippen molar-refractivity contribution in [2.45, 2.75) is 134 Å². The molecule has 0 aromatic carbocycles. The van der Waals surface area contributed by atoms with Crippen LogP contribution >= 0.6 is 0 Å². The SMILES string of the molecule is CCCCCCCC/C=C\CCCCCCCCO[C@H]1O[C@H](COS(=O)(=O)O)[C@@H](O)[C@H](O)[C@@H]1NC(C)=O.[KH]. The Labute approximate surface area is 272 Å². The predicted molar refractivity (Wildman–Crippen MR) is 148 cm³/mol. The number of nitrogens with one attached hydrogen (secondary N) is 1. The number of unbranched alkanes of at least 4 members (excludes halogenated alkanes) is 12. The molecule has 0 aromatic heterocycles. The molecule has 220 valence electrons. The first-order valence-corrected chi connectivity index (χ1v) is 15.2. The van der Waals surface area contributed by atoms with Gasteiger partial charge in [0, 0.05) is 13.5 Å². The summed E-state index contributed by atoms with van der Waals surface area (Å²) in [6.07, 6.45) is 15.8. The van der Waals surface area contributed by atoms with Gasteiger partial charge in [-0.15, -0.1) is 0 Å². The van der Waals surface area contributed by atoms with E-state index in [1.165, 1.54) is 64.7 Å². The number of hydrogen-bond donors (Lipinski definition) is 4. The van der Waals surface area contributed by atoms with E-state index in [1.54, 1.807) is 0 Å². The van der Waals surface area contributed by atoms with Gasteiger partial charge in [0.2, 0.25) is 5.91 Å². The van der Waals surface area contributed by atoms with E-state index in [1.807, 2.05) is 0 Å². The maximum absolute atomic E-state index is 11.5. The molecule has 0 bridgehead atoms. The quantitative estimate of drug-likeness (QED) is 0.0683. The second-order valence-electron chi connectivity index (χ2n) is 9.77. The summed E-state index contributed by atoms with van der Waals surface area (Å²) in [5.74, 6) is -0.446. The van der Waals surface area contributed by atoms with Crippen molar-refractivity contribution >= 4 is 67.7 Å². The van der Waals surface area contributed by atoms with Gasteiger partial charge in [-0.1, -0.05) is 76.9 Å². The summed E-state index contributed by atoms with van der Waals surface area (Å²) in [5, 5.41) is 23.1. The molecule has 5 atom stereocenters. The molecule has 1 fully saturated rings. The Morgan fingerprint density at radius 3 is 1.95 bits per heavy atom. The van der Waals surface area contributed by atoms with Gasteiger partial charge < -0.3 is 25.0 Å². The summed E-state index contributed by atoms with van der Waals surface area (Å²) in [6.45, 7) is 3.09. The number of rotatable bonds is 21. The standard InChI is InChI=1S/C26H49NO9S.K.H/c1-3-4-5-6-7-8-9-10-11-12-13-14-15-16-17-18-19-34-26-23(27-21(2)28)25(30)24(29)22(36-26)20-35-37(31,32)33;;/h10-11,22-26,29-30H,3-9,12-20H2,1-2H3,(H,27,28)(H,31,32,33);;/b11-10-;;/t22-,23+,24-,25-,26+;;/m1../s1. The van der Waals surface area contributed by atoms with Gasteiger partial charge in [0.1, 0.15) is 24.4 Å². The van der Waals surface area contributed by atoms with Gasteiger partial charge >= 0.3 is 61.8 Å². The second kappa shape index (κ2) is 23.2. The van der Waals surface area contributed by atoms with Crippen LogP contribution in [-0.4, -0.2) is 124 Å². The van der Waals surface area contributed by atoms with Gasteiger partial charge in [0.25, 0.3) is 0 Å².